The molecule has 118 valence electrons. The number of ether oxygens (including phenoxy) is 2. The third kappa shape index (κ3) is 4.61. The van der Waals surface area contributed by atoms with Crippen molar-refractivity contribution in [3.63, 3.8) is 0 Å². The largest absolute Gasteiger partial charge is 0.573 e. The van der Waals surface area contributed by atoms with E-state index >= 15 is 0 Å². The first-order valence-electron chi connectivity index (χ1n) is 6.90. The Morgan fingerprint density at radius 2 is 1.86 bits per heavy atom. The van der Waals surface area contributed by atoms with Gasteiger partial charge in [-0.3, -0.25) is 4.90 Å². The van der Waals surface area contributed by atoms with Gasteiger partial charge in [0.05, 0.1) is 12.2 Å². The third-order valence-electron chi connectivity index (χ3n) is 3.60. The zero-order valence-corrected chi connectivity index (χ0v) is 12.4. The van der Waals surface area contributed by atoms with E-state index < -0.39 is 6.36 Å². The number of rotatable bonds is 3. The van der Waals surface area contributed by atoms with Crippen molar-refractivity contribution in [2.75, 3.05) is 19.7 Å². The van der Waals surface area contributed by atoms with Crippen molar-refractivity contribution < 1.29 is 22.6 Å². The van der Waals surface area contributed by atoms with Gasteiger partial charge in [-0.1, -0.05) is 12.1 Å². The second kappa shape index (κ2) is 5.85. The van der Waals surface area contributed by atoms with Crippen molar-refractivity contribution in [3.8, 4) is 5.75 Å². The van der Waals surface area contributed by atoms with Crippen LogP contribution in [0.3, 0.4) is 0 Å². The van der Waals surface area contributed by atoms with Gasteiger partial charge in [0.25, 0.3) is 0 Å². The highest BCUT2D eigenvalue weighted by molar-refractivity contribution is 5.29. The minimum absolute atomic E-state index is 0.119. The van der Waals surface area contributed by atoms with Crippen LogP contribution >= 0.6 is 0 Å². The molecule has 0 saturated carbocycles. The van der Waals surface area contributed by atoms with Gasteiger partial charge in [0, 0.05) is 19.1 Å². The highest BCUT2D eigenvalue weighted by atomic mass is 19.4. The van der Waals surface area contributed by atoms with Crippen LogP contribution in [0.2, 0.25) is 0 Å². The lowest BCUT2D eigenvalue weighted by atomic mass is 10.0. The van der Waals surface area contributed by atoms with Gasteiger partial charge in [-0.05, 0) is 38.5 Å². The number of halogens is 3. The van der Waals surface area contributed by atoms with Crippen LogP contribution in [0, 0.1) is 0 Å². The summed E-state index contributed by atoms with van der Waals surface area (Å²) in [5.74, 6) is -0.194. The zero-order valence-electron chi connectivity index (χ0n) is 12.4. The molecule has 21 heavy (non-hydrogen) atoms. The van der Waals surface area contributed by atoms with Crippen LogP contribution in [0.15, 0.2) is 24.3 Å². The quantitative estimate of drug-likeness (QED) is 0.848. The Kier molecular flexibility index (Phi) is 4.49. The number of hydrogen-bond donors (Lipinski definition) is 0. The maximum absolute atomic E-state index is 12.1. The van der Waals surface area contributed by atoms with Crippen LogP contribution in [0.5, 0.6) is 5.75 Å². The molecule has 1 unspecified atom stereocenters. The van der Waals surface area contributed by atoms with Gasteiger partial charge < -0.3 is 9.47 Å². The summed E-state index contributed by atoms with van der Waals surface area (Å²) in [6, 6.07) is 6.17. The number of alkyl halides is 3. The first kappa shape index (κ1) is 16.1. The number of morpholine rings is 1. The molecule has 6 heteroatoms. The molecule has 2 rings (SSSR count). The molecule has 0 aliphatic carbocycles. The molecule has 0 N–H and O–H groups in total. The van der Waals surface area contributed by atoms with Crippen LogP contribution in [0.1, 0.15) is 32.4 Å². The molecule has 1 heterocycles. The first-order chi connectivity index (χ1) is 9.66. The standard InChI is InChI=1S/C15H20F3NO2/c1-11(19-8-9-20-14(2,3)10-19)12-4-6-13(7-5-12)21-15(16,17)18/h4-7,11H,8-10H2,1-3H3. The second-order valence-electron chi connectivity index (χ2n) is 5.87. The number of benzene rings is 1. The first-order valence-corrected chi connectivity index (χ1v) is 6.90. The fourth-order valence-electron chi connectivity index (χ4n) is 2.54. The normalized spacial score (nSPS) is 21.0. The van der Waals surface area contributed by atoms with Gasteiger partial charge in [0.2, 0.25) is 0 Å². The van der Waals surface area contributed by atoms with Crippen molar-refractivity contribution >= 4 is 0 Å². The highest BCUT2D eigenvalue weighted by Gasteiger charge is 2.32. The second-order valence-corrected chi connectivity index (χ2v) is 5.87. The summed E-state index contributed by atoms with van der Waals surface area (Å²) in [5.41, 5.74) is 0.758. The molecule has 0 amide bonds. The van der Waals surface area contributed by atoms with E-state index in [4.69, 9.17) is 4.74 Å². The summed E-state index contributed by atoms with van der Waals surface area (Å²) < 4.78 is 45.9. The van der Waals surface area contributed by atoms with Gasteiger partial charge >= 0.3 is 6.36 Å². The van der Waals surface area contributed by atoms with Crippen molar-refractivity contribution in [1.29, 1.82) is 0 Å². The Balaban J connectivity index is 2.04. The predicted molar refractivity (Wildman–Crippen MR) is 73.1 cm³/mol. The smallest absolute Gasteiger partial charge is 0.406 e. The van der Waals surface area contributed by atoms with E-state index in [1.165, 1.54) is 12.1 Å². The Morgan fingerprint density at radius 3 is 2.38 bits per heavy atom. The number of nitrogens with zero attached hydrogens (tertiary/aromatic N) is 1. The van der Waals surface area contributed by atoms with Gasteiger partial charge in [0.15, 0.2) is 0 Å². The molecule has 1 aromatic carbocycles. The molecular formula is C15H20F3NO2. The summed E-state index contributed by atoms with van der Waals surface area (Å²) in [4.78, 5) is 2.27. The SMILES string of the molecule is CC(c1ccc(OC(F)(F)F)cc1)N1CCOC(C)(C)C1. The van der Waals surface area contributed by atoms with E-state index in [1.807, 2.05) is 20.8 Å². The van der Waals surface area contributed by atoms with Crippen molar-refractivity contribution in [2.45, 2.75) is 38.8 Å². The summed E-state index contributed by atoms with van der Waals surface area (Å²) in [6.07, 6.45) is -4.65. The Bertz CT molecular complexity index is 471. The molecule has 0 spiro atoms. The molecule has 3 nitrogen and oxygen atoms in total. The zero-order chi connectivity index (χ0) is 15.7. The molecule has 0 aromatic heterocycles. The van der Waals surface area contributed by atoms with Crippen molar-refractivity contribution in [3.05, 3.63) is 29.8 Å². The summed E-state index contributed by atoms with van der Waals surface area (Å²) in [6.45, 7) is 8.37. The summed E-state index contributed by atoms with van der Waals surface area (Å²) in [7, 11) is 0. The summed E-state index contributed by atoms with van der Waals surface area (Å²) >= 11 is 0. The third-order valence-corrected chi connectivity index (χ3v) is 3.60. The molecule has 1 aliphatic rings. The van der Waals surface area contributed by atoms with Crippen LogP contribution < -0.4 is 4.74 Å². The van der Waals surface area contributed by atoms with Crippen molar-refractivity contribution in [2.24, 2.45) is 0 Å². The minimum Gasteiger partial charge on any atom is -0.406 e. The van der Waals surface area contributed by atoms with Gasteiger partial charge in [0.1, 0.15) is 5.75 Å². The molecule has 1 fully saturated rings. The molecule has 1 aromatic rings. The lowest BCUT2D eigenvalue weighted by Crippen LogP contribution is -2.48. The van der Waals surface area contributed by atoms with E-state index in [9.17, 15) is 13.2 Å². The monoisotopic (exact) mass is 303 g/mol. The predicted octanol–water partition coefficient (Wildman–Crippen LogP) is 3.76. The fraction of sp³-hybridized carbons (Fsp3) is 0.600. The average molecular weight is 303 g/mol. The average Bonchev–Trinajstić information content (AvgIpc) is 2.36. The van der Waals surface area contributed by atoms with E-state index in [0.717, 1.165) is 18.7 Å². The van der Waals surface area contributed by atoms with E-state index in [-0.39, 0.29) is 17.4 Å². The maximum atomic E-state index is 12.1. The number of hydrogen-bond acceptors (Lipinski definition) is 3. The summed E-state index contributed by atoms with van der Waals surface area (Å²) in [5, 5.41) is 0. The van der Waals surface area contributed by atoms with E-state index in [2.05, 4.69) is 9.64 Å². The molecule has 1 saturated heterocycles. The maximum Gasteiger partial charge on any atom is 0.573 e. The van der Waals surface area contributed by atoms with Gasteiger partial charge in [-0.25, -0.2) is 0 Å². The molecule has 0 bridgehead atoms. The Labute approximate surface area is 122 Å². The van der Waals surface area contributed by atoms with Gasteiger partial charge in [-0.15, -0.1) is 13.2 Å². The minimum atomic E-state index is -4.65. The molecule has 1 aliphatic heterocycles. The highest BCUT2D eigenvalue weighted by Crippen LogP contribution is 2.29. The molecule has 0 radical (unpaired) electrons. The lowest BCUT2D eigenvalue weighted by Gasteiger charge is -2.41. The fourth-order valence-corrected chi connectivity index (χ4v) is 2.54. The Hall–Kier alpha value is -1.27. The van der Waals surface area contributed by atoms with E-state index in [1.54, 1.807) is 12.1 Å². The Morgan fingerprint density at radius 1 is 1.24 bits per heavy atom. The molecule has 1 atom stereocenters. The van der Waals surface area contributed by atoms with Crippen LogP contribution in [-0.2, 0) is 4.74 Å². The van der Waals surface area contributed by atoms with Crippen LogP contribution in [0.25, 0.3) is 0 Å². The lowest BCUT2D eigenvalue weighted by molar-refractivity contribution is -0.274. The molecular weight excluding hydrogens is 283 g/mol. The van der Waals surface area contributed by atoms with Gasteiger partial charge in [-0.2, -0.15) is 0 Å². The van der Waals surface area contributed by atoms with Crippen LogP contribution in [-0.4, -0.2) is 36.6 Å². The van der Waals surface area contributed by atoms with Crippen LogP contribution in [0.4, 0.5) is 13.2 Å². The topological polar surface area (TPSA) is 21.7 Å². The van der Waals surface area contributed by atoms with E-state index in [0.29, 0.717) is 6.61 Å². The van der Waals surface area contributed by atoms with Crippen molar-refractivity contribution in [1.82, 2.24) is 4.90 Å².